The van der Waals surface area contributed by atoms with Gasteiger partial charge in [0, 0.05) is 5.69 Å². The van der Waals surface area contributed by atoms with Crippen molar-refractivity contribution in [3.8, 4) is 5.75 Å². The highest BCUT2D eigenvalue weighted by Gasteiger charge is 2.69. The minimum Gasteiger partial charge on any atom is -0.497 e. The average Bonchev–Trinajstić information content (AvgIpc) is 2.84. The summed E-state index contributed by atoms with van der Waals surface area (Å²) in [5.41, 5.74) is -0.0716. The Kier molecular flexibility index (Phi) is 3.17. The lowest BCUT2D eigenvalue weighted by Gasteiger charge is -2.34. The predicted octanol–water partition coefficient (Wildman–Crippen LogP) is 3.20. The maximum Gasteiger partial charge on any atom is 0.239 e. The molecule has 1 aromatic rings. The lowest BCUT2D eigenvalue weighted by atomic mass is 9.68. The van der Waals surface area contributed by atoms with E-state index in [0.29, 0.717) is 17.7 Å². The van der Waals surface area contributed by atoms with Gasteiger partial charge in [-0.2, -0.15) is 0 Å². The van der Waals surface area contributed by atoms with E-state index in [1.165, 1.54) is 0 Å². The Labute approximate surface area is 130 Å². The number of fused-ring (bicyclic) bond motifs is 2. The van der Waals surface area contributed by atoms with E-state index in [-0.39, 0.29) is 23.0 Å². The van der Waals surface area contributed by atoms with E-state index < -0.39 is 5.41 Å². The summed E-state index contributed by atoms with van der Waals surface area (Å²) in [6.45, 7) is 7.94. The molecule has 0 aromatic heterocycles. The molecule has 2 fully saturated rings. The Morgan fingerprint density at radius 1 is 1.32 bits per heavy atom. The number of nitrogens with one attached hydrogen (secondary N) is 1. The Morgan fingerprint density at radius 2 is 1.95 bits per heavy atom. The van der Waals surface area contributed by atoms with Crippen LogP contribution in [-0.4, -0.2) is 18.8 Å². The van der Waals surface area contributed by atoms with Gasteiger partial charge in [-0.25, -0.2) is 0 Å². The van der Waals surface area contributed by atoms with Gasteiger partial charge in [-0.3, -0.25) is 9.59 Å². The first-order chi connectivity index (χ1) is 10.3. The zero-order chi connectivity index (χ0) is 16.1. The highest BCUT2D eigenvalue weighted by atomic mass is 16.5. The van der Waals surface area contributed by atoms with Crippen LogP contribution in [0.25, 0.3) is 0 Å². The molecule has 3 rings (SSSR count). The second-order valence-corrected chi connectivity index (χ2v) is 6.76. The highest BCUT2D eigenvalue weighted by Crippen LogP contribution is 2.65. The molecular weight excluding hydrogens is 278 g/mol. The van der Waals surface area contributed by atoms with Crippen LogP contribution in [0.15, 0.2) is 36.4 Å². The van der Waals surface area contributed by atoms with Gasteiger partial charge in [0.15, 0.2) is 5.78 Å². The molecule has 2 bridgehead atoms. The molecule has 1 aromatic carbocycles. The standard InChI is InChI=1S/C18H21NO3/c1-11-14-9-10-18(15(11)20,17(14,2)3)16(21)19-12-5-7-13(22-4)8-6-12/h5-8,14H,1,9-10H2,2-4H3,(H,19,21). The number of allylic oxidation sites excluding steroid dienone is 1. The van der Waals surface area contributed by atoms with Crippen molar-refractivity contribution < 1.29 is 14.3 Å². The molecule has 2 aliphatic carbocycles. The Balaban J connectivity index is 1.90. The lowest BCUT2D eigenvalue weighted by molar-refractivity contribution is -0.140. The van der Waals surface area contributed by atoms with Crippen LogP contribution in [-0.2, 0) is 9.59 Å². The number of carbonyl (C=O) groups is 2. The quantitative estimate of drug-likeness (QED) is 0.689. The van der Waals surface area contributed by atoms with Gasteiger partial charge < -0.3 is 10.1 Å². The normalized spacial score (nSPS) is 28.8. The molecule has 116 valence electrons. The zero-order valence-electron chi connectivity index (χ0n) is 13.2. The van der Waals surface area contributed by atoms with E-state index in [9.17, 15) is 9.59 Å². The van der Waals surface area contributed by atoms with Crippen molar-refractivity contribution in [2.75, 3.05) is 12.4 Å². The van der Waals surface area contributed by atoms with Crippen molar-refractivity contribution >= 4 is 17.4 Å². The second-order valence-electron chi connectivity index (χ2n) is 6.76. The SMILES string of the molecule is C=C1C(=O)C2(C(=O)Nc3ccc(OC)cc3)CCC1C2(C)C. The van der Waals surface area contributed by atoms with Crippen LogP contribution in [0, 0.1) is 16.7 Å². The Morgan fingerprint density at radius 3 is 2.45 bits per heavy atom. The van der Waals surface area contributed by atoms with E-state index in [1.54, 1.807) is 31.4 Å². The summed E-state index contributed by atoms with van der Waals surface area (Å²) < 4.78 is 5.11. The largest absolute Gasteiger partial charge is 0.497 e. The van der Waals surface area contributed by atoms with Gasteiger partial charge in [-0.05, 0) is 54.0 Å². The number of hydrogen-bond acceptors (Lipinski definition) is 3. The number of amides is 1. The van der Waals surface area contributed by atoms with Crippen molar-refractivity contribution in [2.45, 2.75) is 26.7 Å². The summed E-state index contributed by atoms with van der Waals surface area (Å²) in [6, 6.07) is 7.12. The summed E-state index contributed by atoms with van der Waals surface area (Å²) in [5.74, 6) is 0.540. The summed E-state index contributed by atoms with van der Waals surface area (Å²) in [7, 11) is 1.59. The maximum absolute atomic E-state index is 12.9. The van der Waals surface area contributed by atoms with E-state index in [2.05, 4.69) is 11.9 Å². The van der Waals surface area contributed by atoms with Crippen molar-refractivity contribution in [3.05, 3.63) is 36.4 Å². The molecule has 1 N–H and O–H groups in total. The van der Waals surface area contributed by atoms with Crippen molar-refractivity contribution in [1.82, 2.24) is 0 Å². The van der Waals surface area contributed by atoms with Gasteiger partial charge in [0.05, 0.1) is 7.11 Å². The smallest absolute Gasteiger partial charge is 0.239 e. The molecule has 4 nitrogen and oxygen atoms in total. The first-order valence-electron chi connectivity index (χ1n) is 7.53. The fraction of sp³-hybridized carbons (Fsp3) is 0.444. The third-order valence-corrected chi connectivity index (χ3v) is 5.61. The molecule has 2 saturated carbocycles. The number of anilines is 1. The number of Topliss-reactive ketones (excluding diaryl/α,β-unsaturated/α-hetero) is 1. The fourth-order valence-corrected chi connectivity index (χ4v) is 4.21. The number of rotatable bonds is 3. The van der Waals surface area contributed by atoms with Gasteiger partial charge in [0.2, 0.25) is 5.91 Å². The number of ether oxygens (including phenoxy) is 1. The third kappa shape index (κ3) is 1.70. The summed E-state index contributed by atoms with van der Waals surface area (Å²) in [4.78, 5) is 25.6. The predicted molar refractivity (Wildman–Crippen MR) is 84.7 cm³/mol. The number of benzene rings is 1. The van der Waals surface area contributed by atoms with E-state index in [1.807, 2.05) is 13.8 Å². The van der Waals surface area contributed by atoms with Crippen molar-refractivity contribution in [2.24, 2.45) is 16.7 Å². The molecule has 2 unspecified atom stereocenters. The van der Waals surface area contributed by atoms with Crippen LogP contribution in [0.4, 0.5) is 5.69 Å². The van der Waals surface area contributed by atoms with Gasteiger partial charge >= 0.3 is 0 Å². The molecular formula is C18H21NO3. The van der Waals surface area contributed by atoms with Gasteiger partial charge in [0.1, 0.15) is 11.2 Å². The zero-order valence-corrected chi connectivity index (χ0v) is 13.2. The van der Waals surface area contributed by atoms with Crippen LogP contribution < -0.4 is 10.1 Å². The monoisotopic (exact) mass is 299 g/mol. The summed E-state index contributed by atoms with van der Waals surface area (Å²) in [6.07, 6.45) is 1.46. The lowest BCUT2D eigenvalue weighted by Crippen LogP contribution is -2.46. The number of hydrogen-bond donors (Lipinski definition) is 1. The van der Waals surface area contributed by atoms with Crippen molar-refractivity contribution in [1.29, 1.82) is 0 Å². The maximum atomic E-state index is 12.9. The molecule has 1 amide bonds. The first kappa shape index (κ1) is 14.8. The first-order valence-corrected chi connectivity index (χ1v) is 7.53. The minimum absolute atomic E-state index is 0.0836. The van der Waals surface area contributed by atoms with Crippen LogP contribution in [0.5, 0.6) is 5.75 Å². The Bertz CT molecular complexity index is 659. The summed E-state index contributed by atoms with van der Waals surface area (Å²) in [5, 5.41) is 2.90. The van der Waals surface area contributed by atoms with Crippen LogP contribution >= 0.6 is 0 Å². The van der Waals surface area contributed by atoms with Gasteiger partial charge in [-0.15, -0.1) is 0 Å². The summed E-state index contributed by atoms with van der Waals surface area (Å²) >= 11 is 0. The average molecular weight is 299 g/mol. The van der Waals surface area contributed by atoms with E-state index in [0.717, 1.165) is 12.2 Å². The number of ketones is 1. The van der Waals surface area contributed by atoms with Gasteiger partial charge in [-0.1, -0.05) is 20.4 Å². The van der Waals surface area contributed by atoms with Crippen LogP contribution in [0.1, 0.15) is 26.7 Å². The third-order valence-electron chi connectivity index (χ3n) is 5.61. The van der Waals surface area contributed by atoms with Crippen molar-refractivity contribution in [3.63, 3.8) is 0 Å². The molecule has 0 saturated heterocycles. The Hall–Kier alpha value is -2.10. The molecule has 2 atom stereocenters. The topological polar surface area (TPSA) is 55.4 Å². The van der Waals surface area contributed by atoms with Crippen LogP contribution in [0.2, 0.25) is 0 Å². The molecule has 4 heteroatoms. The van der Waals surface area contributed by atoms with Gasteiger partial charge in [0.25, 0.3) is 0 Å². The van der Waals surface area contributed by atoms with Crippen LogP contribution in [0.3, 0.4) is 0 Å². The second kappa shape index (κ2) is 4.70. The van der Waals surface area contributed by atoms with E-state index >= 15 is 0 Å². The minimum atomic E-state index is -0.978. The molecule has 0 radical (unpaired) electrons. The number of methoxy groups -OCH3 is 1. The molecule has 0 aliphatic heterocycles. The molecule has 22 heavy (non-hydrogen) atoms. The molecule has 0 spiro atoms. The molecule has 2 aliphatic rings. The number of carbonyl (C=O) groups excluding carboxylic acids is 2. The molecule has 0 heterocycles. The highest BCUT2D eigenvalue weighted by molar-refractivity contribution is 6.20. The van der Waals surface area contributed by atoms with E-state index in [4.69, 9.17) is 4.74 Å². The fourth-order valence-electron chi connectivity index (χ4n) is 4.21.